The summed E-state index contributed by atoms with van der Waals surface area (Å²) in [7, 11) is 3.47. The summed E-state index contributed by atoms with van der Waals surface area (Å²) in [6.45, 7) is 5.81. The molecule has 2 aromatic rings. The highest BCUT2D eigenvalue weighted by Gasteiger charge is 2.24. The van der Waals surface area contributed by atoms with Gasteiger partial charge >= 0.3 is 0 Å². The van der Waals surface area contributed by atoms with Gasteiger partial charge < -0.3 is 10.2 Å². The molecule has 0 saturated heterocycles. The minimum atomic E-state index is -0.348. The molecule has 0 aliphatic rings. The molecular formula is C23H30FN3O2. The van der Waals surface area contributed by atoms with E-state index in [1.807, 2.05) is 63.1 Å². The number of halogens is 1. The second-order valence-electron chi connectivity index (χ2n) is 8.33. The van der Waals surface area contributed by atoms with E-state index in [1.54, 1.807) is 19.2 Å². The zero-order chi connectivity index (χ0) is 21.6. The molecule has 5 nitrogen and oxygen atoms in total. The summed E-state index contributed by atoms with van der Waals surface area (Å²) in [4.78, 5) is 28.2. The zero-order valence-corrected chi connectivity index (χ0v) is 17.8. The Balaban J connectivity index is 2.13. The maximum atomic E-state index is 13.4. The molecule has 2 aromatic carbocycles. The average Bonchev–Trinajstić information content (AvgIpc) is 2.62. The van der Waals surface area contributed by atoms with E-state index in [2.05, 4.69) is 5.32 Å². The lowest BCUT2D eigenvalue weighted by Crippen LogP contribution is -2.48. The number of nitrogens with zero attached hydrogens (tertiary/aromatic N) is 2. The molecule has 0 radical (unpaired) electrons. The summed E-state index contributed by atoms with van der Waals surface area (Å²) in [5, 5.41) is 2.86. The Hall–Kier alpha value is -2.73. The Kier molecular flexibility index (Phi) is 7.51. The van der Waals surface area contributed by atoms with E-state index in [1.165, 1.54) is 17.0 Å². The minimum absolute atomic E-state index is 0.00348. The molecule has 2 amide bonds. The van der Waals surface area contributed by atoms with Crippen molar-refractivity contribution in [1.82, 2.24) is 15.1 Å². The summed E-state index contributed by atoms with van der Waals surface area (Å²) < 4.78 is 13.4. The smallest absolute Gasteiger partial charge is 0.240 e. The Morgan fingerprint density at radius 2 is 1.48 bits per heavy atom. The van der Waals surface area contributed by atoms with E-state index >= 15 is 0 Å². The van der Waals surface area contributed by atoms with Gasteiger partial charge in [0, 0.05) is 12.6 Å². The lowest BCUT2D eigenvalue weighted by Gasteiger charge is -2.30. The van der Waals surface area contributed by atoms with Crippen LogP contribution in [0.25, 0.3) is 0 Å². The van der Waals surface area contributed by atoms with Crippen LogP contribution in [-0.2, 0) is 9.59 Å². The van der Waals surface area contributed by atoms with Crippen LogP contribution in [0.4, 0.5) is 4.39 Å². The molecule has 2 rings (SSSR count). The third-order valence-corrected chi connectivity index (χ3v) is 4.45. The normalized spacial score (nSPS) is 12.5. The van der Waals surface area contributed by atoms with Crippen molar-refractivity contribution in [3.63, 3.8) is 0 Å². The van der Waals surface area contributed by atoms with E-state index < -0.39 is 0 Å². The number of amides is 2. The number of hydrogen-bond acceptors (Lipinski definition) is 3. The van der Waals surface area contributed by atoms with Gasteiger partial charge in [-0.25, -0.2) is 4.39 Å². The molecule has 0 aromatic heterocycles. The number of likely N-dealkylation sites (N-methyl/N-ethyl adjacent to an activating group) is 2. The first-order valence-corrected chi connectivity index (χ1v) is 9.62. The Morgan fingerprint density at radius 3 is 2.03 bits per heavy atom. The molecule has 29 heavy (non-hydrogen) atoms. The number of rotatable bonds is 7. The third-order valence-electron chi connectivity index (χ3n) is 4.45. The van der Waals surface area contributed by atoms with Crippen LogP contribution < -0.4 is 5.32 Å². The maximum absolute atomic E-state index is 13.4. The van der Waals surface area contributed by atoms with E-state index in [4.69, 9.17) is 0 Å². The molecule has 6 heteroatoms. The van der Waals surface area contributed by atoms with Crippen LogP contribution in [0.5, 0.6) is 0 Å². The molecule has 0 aliphatic heterocycles. The molecule has 0 fully saturated rings. The van der Waals surface area contributed by atoms with Gasteiger partial charge in [0.15, 0.2) is 0 Å². The van der Waals surface area contributed by atoms with Crippen molar-refractivity contribution in [2.75, 3.05) is 27.2 Å². The van der Waals surface area contributed by atoms with E-state index in [9.17, 15) is 14.0 Å². The lowest BCUT2D eigenvalue weighted by atomic mass is 9.97. The van der Waals surface area contributed by atoms with E-state index in [-0.39, 0.29) is 42.3 Å². The van der Waals surface area contributed by atoms with Gasteiger partial charge in [0.25, 0.3) is 0 Å². The van der Waals surface area contributed by atoms with Crippen LogP contribution in [0.3, 0.4) is 0 Å². The highest BCUT2D eigenvalue weighted by molar-refractivity contribution is 5.85. The summed E-state index contributed by atoms with van der Waals surface area (Å²) in [5.74, 6) is -0.669. The van der Waals surface area contributed by atoms with Crippen molar-refractivity contribution in [2.24, 2.45) is 0 Å². The van der Waals surface area contributed by atoms with Crippen molar-refractivity contribution in [2.45, 2.75) is 32.4 Å². The first kappa shape index (κ1) is 22.6. The van der Waals surface area contributed by atoms with Gasteiger partial charge in [0.2, 0.25) is 11.8 Å². The van der Waals surface area contributed by atoms with Crippen LogP contribution in [0.2, 0.25) is 0 Å². The van der Waals surface area contributed by atoms with Crippen molar-refractivity contribution < 1.29 is 14.0 Å². The lowest BCUT2D eigenvalue weighted by molar-refractivity contribution is -0.136. The summed E-state index contributed by atoms with van der Waals surface area (Å²) in [6.07, 6.45) is 0. The quantitative estimate of drug-likeness (QED) is 0.778. The van der Waals surface area contributed by atoms with Crippen molar-refractivity contribution in [3.05, 3.63) is 71.5 Å². The molecule has 0 spiro atoms. The van der Waals surface area contributed by atoms with Gasteiger partial charge in [-0.2, -0.15) is 0 Å². The van der Waals surface area contributed by atoms with Crippen LogP contribution >= 0.6 is 0 Å². The molecule has 0 heterocycles. The summed E-state index contributed by atoms with van der Waals surface area (Å²) >= 11 is 0. The number of carbonyl (C=O) groups excluding carboxylic acids is 2. The predicted octanol–water partition coefficient (Wildman–Crippen LogP) is 3.22. The molecule has 0 bridgehead atoms. The Labute approximate surface area is 172 Å². The van der Waals surface area contributed by atoms with Gasteiger partial charge in [-0.05, 0) is 51.1 Å². The van der Waals surface area contributed by atoms with Gasteiger partial charge in [-0.15, -0.1) is 0 Å². The van der Waals surface area contributed by atoms with Crippen LogP contribution in [-0.4, -0.2) is 54.3 Å². The molecule has 1 unspecified atom stereocenters. The number of benzene rings is 2. The van der Waals surface area contributed by atoms with Crippen molar-refractivity contribution in [3.8, 4) is 0 Å². The first-order chi connectivity index (χ1) is 13.6. The van der Waals surface area contributed by atoms with Gasteiger partial charge in [-0.1, -0.05) is 42.5 Å². The zero-order valence-electron chi connectivity index (χ0n) is 17.8. The largest absolute Gasteiger partial charge is 0.350 e. The van der Waals surface area contributed by atoms with Crippen LogP contribution in [0.1, 0.15) is 37.9 Å². The first-order valence-electron chi connectivity index (χ1n) is 9.62. The fourth-order valence-electron chi connectivity index (χ4n) is 3.17. The van der Waals surface area contributed by atoms with Gasteiger partial charge in [-0.3, -0.25) is 14.5 Å². The van der Waals surface area contributed by atoms with E-state index in [0.717, 1.165) is 11.1 Å². The van der Waals surface area contributed by atoms with Crippen molar-refractivity contribution in [1.29, 1.82) is 0 Å². The number of hydrogen-bond donors (Lipinski definition) is 1. The topological polar surface area (TPSA) is 52.7 Å². The molecule has 1 N–H and O–H groups in total. The highest BCUT2D eigenvalue weighted by atomic mass is 19.1. The summed E-state index contributed by atoms with van der Waals surface area (Å²) in [6, 6.07) is 15.9. The molecule has 0 saturated carbocycles. The SMILES string of the molecule is CN(CC(=O)NC(C)(C)C)C(=O)CN(C)C(c1ccccc1)c1ccc(F)cc1. The number of nitrogens with one attached hydrogen (secondary N) is 1. The molecular weight excluding hydrogens is 369 g/mol. The minimum Gasteiger partial charge on any atom is -0.350 e. The highest BCUT2D eigenvalue weighted by Crippen LogP contribution is 2.27. The predicted molar refractivity (Wildman–Crippen MR) is 113 cm³/mol. The van der Waals surface area contributed by atoms with E-state index in [0.29, 0.717) is 0 Å². The number of carbonyl (C=O) groups is 2. The molecule has 1 atom stereocenters. The Bertz CT molecular complexity index is 816. The van der Waals surface area contributed by atoms with Crippen molar-refractivity contribution >= 4 is 11.8 Å². The fraction of sp³-hybridized carbons (Fsp3) is 0.391. The molecule has 156 valence electrons. The Morgan fingerprint density at radius 1 is 0.931 bits per heavy atom. The fourth-order valence-corrected chi connectivity index (χ4v) is 3.17. The standard InChI is InChI=1S/C23H30FN3O2/c1-23(2,3)25-20(28)15-26(4)21(29)16-27(5)22(17-9-7-6-8-10-17)18-11-13-19(24)14-12-18/h6-14,22H,15-16H2,1-5H3,(H,25,28). The van der Waals surface area contributed by atoms with Crippen LogP contribution in [0.15, 0.2) is 54.6 Å². The van der Waals surface area contributed by atoms with Gasteiger partial charge in [0.05, 0.1) is 19.1 Å². The average molecular weight is 400 g/mol. The third kappa shape index (κ3) is 6.98. The maximum Gasteiger partial charge on any atom is 0.240 e. The van der Waals surface area contributed by atoms with Crippen LogP contribution in [0, 0.1) is 5.82 Å². The monoisotopic (exact) mass is 399 g/mol. The second-order valence-corrected chi connectivity index (χ2v) is 8.33. The van der Waals surface area contributed by atoms with Gasteiger partial charge in [0.1, 0.15) is 5.82 Å². The summed E-state index contributed by atoms with van der Waals surface area (Å²) in [5.41, 5.74) is 1.54. The molecule has 0 aliphatic carbocycles. The second kappa shape index (κ2) is 9.65.